The molecule has 0 aliphatic heterocycles. The fourth-order valence-corrected chi connectivity index (χ4v) is 3.26. The first-order chi connectivity index (χ1) is 12.1. The van der Waals surface area contributed by atoms with Gasteiger partial charge in [0, 0.05) is 31.4 Å². The lowest BCUT2D eigenvalue weighted by atomic mass is 9.64. The third kappa shape index (κ3) is 3.81. The van der Waals surface area contributed by atoms with E-state index in [0.717, 1.165) is 24.0 Å². The van der Waals surface area contributed by atoms with Crippen molar-refractivity contribution in [2.75, 3.05) is 13.6 Å². The Kier molecular flexibility index (Phi) is 5.31. The Bertz CT molecular complexity index is 707. The molecule has 1 aromatic carbocycles. The molecule has 0 spiro atoms. The standard InChI is InChI=1S/C18H23F2N5/c1-21-17(23-12-15-22-10-11-25(15)16(19)20)24-13-18(8-5-9-18)14-6-3-2-4-7-14/h2-4,6-7,10-11,16H,5,8-9,12-13H2,1H3,(H2,21,23,24). The molecule has 2 aromatic rings. The van der Waals surface area contributed by atoms with Crippen LogP contribution in [-0.2, 0) is 12.0 Å². The molecule has 7 heteroatoms. The van der Waals surface area contributed by atoms with Crippen LogP contribution in [0, 0.1) is 0 Å². The maximum atomic E-state index is 12.9. The van der Waals surface area contributed by atoms with Crippen molar-refractivity contribution in [3.63, 3.8) is 0 Å². The number of alkyl halides is 2. The van der Waals surface area contributed by atoms with Gasteiger partial charge >= 0.3 is 6.55 Å². The molecular formula is C18H23F2N5. The topological polar surface area (TPSA) is 54.2 Å². The largest absolute Gasteiger partial charge is 0.356 e. The minimum absolute atomic E-state index is 0.125. The van der Waals surface area contributed by atoms with Crippen LogP contribution in [0.4, 0.5) is 8.78 Å². The molecule has 5 nitrogen and oxygen atoms in total. The average molecular weight is 347 g/mol. The predicted octanol–water partition coefficient (Wildman–Crippen LogP) is 3.07. The molecule has 25 heavy (non-hydrogen) atoms. The molecule has 1 aliphatic rings. The number of hydrogen-bond donors (Lipinski definition) is 2. The lowest BCUT2D eigenvalue weighted by molar-refractivity contribution is 0.0668. The minimum atomic E-state index is -2.59. The molecule has 0 radical (unpaired) electrons. The summed E-state index contributed by atoms with van der Waals surface area (Å²) >= 11 is 0. The van der Waals surface area contributed by atoms with Crippen molar-refractivity contribution in [3.8, 4) is 0 Å². The fourth-order valence-electron chi connectivity index (χ4n) is 3.26. The number of benzene rings is 1. The zero-order valence-electron chi connectivity index (χ0n) is 14.3. The average Bonchev–Trinajstić information content (AvgIpc) is 3.06. The Labute approximate surface area is 146 Å². The second-order valence-corrected chi connectivity index (χ2v) is 6.31. The third-order valence-corrected chi connectivity index (χ3v) is 4.89. The Morgan fingerprint density at radius 3 is 2.64 bits per heavy atom. The van der Waals surface area contributed by atoms with Crippen LogP contribution in [-0.4, -0.2) is 29.1 Å². The molecule has 0 saturated heterocycles. The van der Waals surface area contributed by atoms with Gasteiger partial charge in [0.1, 0.15) is 5.82 Å². The van der Waals surface area contributed by atoms with Crippen molar-refractivity contribution >= 4 is 5.96 Å². The minimum Gasteiger partial charge on any atom is -0.356 e. The molecule has 1 aromatic heterocycles. The number of hydrogen-bond acceptors (Lipinski definition) is 2. The van der Waals surface area contributed by atoms with Gasteiger partial charge in [-0.15, -0.1) is 0 Å². The highest BCUT2D eigenvalue weighted by molar-refractivity contribution is 5.79. The van der Waals surface area contributed by atoms with Gasteiger partial charge in [-0.05, 0) is 18.4 Å². The molecule has 134 valence electrons. The van der Waals surface area contributed by atoms with Gasteiger partial charge in [0.2, 0.25) is 0 Å². The Hall–Kier alpha value is -2.44. The second kappa shape index (κ2) is 7.63. The lowest BCUT2D eigenvalue weighted by Crippen LogP contribution is -2.48. The van der Waals surface area contributed by atoms with E-state index in [9.17, 15) is 8.78 Å². The smallest absolute Gasteiger partial charge is 0.319 e. The molecule has 0 atom stereocenters. The second-order valence-electron chi connectivity index (χ2n) is 6.31. The summed E-state index contributed by atoms with van der Waals surface area (Å²) in [4.78, 5) is 8.15. The van der Waals surface area contributed by atoms with Crippen LogP contribution in [0.15, 0.2) is 47.7 Å². The Morgan fingerprint density at radius 1 is 1.28 bits per heavy atom. The molecule has 3 rings (SSSR count). The van der Waals surface area contributed by atoms with Crippen molar-refractivity contribution in [1.29, 1.82) is 0 Å². The van der Waals surface area contributed by atoms with Crippen LogP contribution in [0.5, 0.6) is 0 Å². The molecule has 0 bridgehead atoms. The number of rotatable bonds is 6. The maximum absolute atomic E-state index is 12.9. The molecule has 0 unspecified atom stereocenters. The van der Waals surface area contributed by atoms with Crippen molar-refractivity contribution in [2.45, 2.75) is 37.8 Å². The molecule has 0 amide bonds. The highest BCUT2D eigenvalue weighted by atomic mass is 19.3. The van der Waals surface area contributed by atoms with E-state index in [2.05, 4.69) is 44.9 Å². The SMILES string of the molecule is CN=C(NCc1nccn1C(F)F)NCC1(c2ccccc2)CCC1. The number of aromatic nitrogens is 2. The van der Waals surface area contributed by atoms with Crippen molar-refractivity contribution < 1.29 is 8.78 Å². The zero-order valence-corrected chi connectivity index (χ0v) is 14.3. The van der Waals surface area contributed by atoms with Gasteiger partial charge in [0.15, 0.2) is 5.96 Å². The van der Waals surface area contributed by atoms with Crippen molar-refractivity contribution in [3.05, 3.63) is 54.1 Å². The molecular weight excluding hydrogens is 324 g/mol. The normalized spacial score (nSPS) is 16.6. The van der Waals surface area contributed by atoms with Crippen LogP contribution in [0.1, 0.15) is 37.2 Å². The molecule has 1 fully saturated rings. The molecule has 2 N–H and O–H groups in total. The summed E-state index contributed by atoms with van der Waals surface area (Å²) in [6.45, 7) is -1.64. The summed E-state index contributed by atoms with van der Waals surface area (Å²) in [6.07, 6.45) is 6.14. The van der Waals surface area contributed by atoms with E-state index in [1.807, 2.05) is 6.07 Å². The Balaban J connectivity index is 1.58. The maximum Gasteiger partial charge on any atom is 0.319 e. The number of aliphatic imine (C=N–C) groups is 1. The first kappa shape index (κ1) is 17.4. The van der Waals surface area contributed by atoms with E-state index in [1.54, 1.807) is 7.05 Å². The third-order valence-electron chi connectivity index (χ3n) is 4.89. The molecule has 1 aliphatic carbocycles. The molecule has 1 saturated carbocycles. The highest BCUT2D eigenvalue weighted by Crippen LogP contribution is 2.43. The van der Waals surface area contributed by atoms with Crippen LogP contribution >= 0.6 is 0 Å². The first-order valence-corrected chi connectivity index (χ1v) is 8.44. The quantitative estimate of drug-likeness (QED) is 0.624. The van der Waals surface area contributed by atoms with Gasteiger partial charge in [-0.1, -0.05) is 36.8 Å². The monoisotopic (exact) mass is 347 g/mol. The number of imidazole rings is 1. The van der Waals surface area contributed by atoms with E-state index in [4.69, 9.17) is 0 Å². The van der Waals surface area contributed by atoms with E-state index in [-0.39, 0.29) is 17.8 Å². The van der Waals surface area contributed by atoms with Gasteiger partial charge in [0.25, 0.3) is 0 Å². The summed E-state index contributed by atoms with van der Waals surface area (Å²) < 4.78 is 26.6. The van der Waals surface area contributed by atoms with Crippen molar-refractivity contribution in [1.82, 2.24) is 20.2 Å². The summed E-state index contributed by atoms with van der Waals surface area (Å²) in [5, 5.41) is 6.40. The van der Waals surface area contributed by atoms with E-state index in [0.29, 0.717) is 5.96 Å². The van der Waals surface area contributed by atoms with E-state index in [1.165, 1.54) is 24.4 Å². The van der Waals surface area contributed by atoms with Crippen LogP contribution in [0.2, 0.25) is 0 Å². The van der Waals surface area contributed by atoms with Gasteiger partial charge < -0.3 is 10.6 Å². The summed E-state index contributed by atoms with van der Waals surface area (Å²) in [5.41, 5.74) is 1.46. The number of guanidine groups is 1. The predicted molar refractivity (Wildman–Crippen MR) is 93.7 cm³/mol. The number of nitrogens with zero attached hydrogens (tertiary/aromatic N) is 3. The first-order valence-electron chi connectivity index (χ1n) is 8.44. The van der Waals surface area contributed by atoms with Gasteiger partial charge in [-0.25, -0.2) is 4.98 Å². The van der Waals surface area contributed by atoms with Crippen LogP contribution in [0.3, 0.4) is 0 Å². The number of halogens is 2. The van der Waals surface area contributed by atoms with E-state index < -0.39 is 6.55 Å². The van der Waals surface area contributed by atoms with Gasteiger partial charge in [0.05, 0.1) is 6.54 Å². The van der Waals surface area contributed by atoms with Crippen LogP contribution in [0.25, 0.3) is 0 Å². The summed E-state index contributed by atoms with van der Waals surface area (Å²) in [5.74, 6) is 0.866. The summed E-state index contributed by atoms with van der Waals surface area (Å²) in [6, 6.07) is 10.5. The summed E-state index contributed by atoms with van der Waals surface area (Å²) in [7, 11) is 1.67. The van der Waals surface area contributed by atoms with Crippen molar-refractivity contribution in [2.24, 2.45) is 4.99 Å². The Morgan fingerprint density at radius 2 is 2.04 bits per heavy atom. The van der Waals surface area contributed by atoms with E-state index >= 15 is 0 Å². The van der Waals surface area contributed by atoms with Gasteiger partial charge in [-0.2, -0.15) is 8.78 Å². The number of nitrogens with one attached hydrogen (secondary N) is 2. The fraction of sp³-hybridized carbons (Fsp3) is 0.444. The van der Waals surface area contributed by atoms with Crippen LogP contribution < -0.4 is 10.6 Å². The highest BCUT2D eigenvalue weighted by Gasteiger charge is 2.38. The van der Waals surface area contributed by atoms with Gasteiger partial charge in [-0.3, -0.25) is 9.56 Å². The molecule has 1 heterocycles. The lowest BCUT2D eigenvalue weighted by Gasteiger charge is -2.43. The zero-order chi connectivity index (χ0) is 17.7.